The van der Waals surface area contributed by atoms with Crippen molar-refractivity contribution in [3.05, 3.63) is 53.1 Å². The van der Waals surface area contributed by atoms with Crippen LogP contribution in [-0.4, -0.2) is 30.2 Å². The average molecular weight is 400 g/mol. The Kier molecular flexibility index (Phi) is 5.99. The molecule has 6 nitrogen and oxygen atoms in total. The van der Waals surface area contributed by atoms with Gasteiger partial charge in [-0.3, -0.25) is 14.4 Å². The van der Waals surface area contributed by atoms with Gasteiger partial charge < -0.3 is 15.5 Å². The van der Waals surface area contributed by atoms with Crippen molar-refractivity contribution in [2.75, 3.05) is 22.1 Å². The molecular formula is C21H22ClN3O3. The first-order valence-corrected chi connectivity index (χ1v) is 9.51. The average Bonchev–Trinajstić information content (AvgIpc) is 3.08. The van der Waals surface area contributed by atoms with Crippen LogP contribution < -0.4 is 15.5 Å². The Hall–Kier alpha value is -2.86. The van der Waals surface area contributed by atoms with Crippen molar-refractivity contribution >= 4 is 46.3 Å². The summed E-state index contributed by atoms with van der Waals surface area (Å²) in [5, 5.41) is 6.38. The van der Waals surface area contributed by atoms with Crippen LogP contribution in [0.1, 0.15) is 37.0 Å². The number of Topliss-reactive ketones (excluding diaryl/α,β-unsaturated/α-hetero) is 1. The van der Waals surface area contributed by atoms with Gasteiger partial charge in [-0.1, -0.05) is 11.6 Å². The standard InChI is InChI=1S/C21H22ClN3O3/c1-13(21(28)24-16-7-5-15(6-8-16)14(2)26)23-17-9-10-19(18(22)12-17)25-11-3-4-20(25)27/h5-10,12-13,23H,3-4,11H2,1-2H3,(H,24,28). The molecule has 1 atom stereocenters. The van der Waals surface area contributed by atoms with E-state index < -0.39 is 6.04 Å². The van der Waals surface area contributed by atoms with Gasteiger partial charge in [0, 0.05) is 29.9 Å². The summed E-state index contributed by atoms with van der Waals surface area (Å²) < 4.78 is 0. The van der Waals surface area contributed by atoms with E-state index in [0.29, 0.717) is 40.6 Å². The van der Waals surface area contributed by atoms with E-state index in [-0.39, 0.29) is 17.6 Å². The van der Waals surface area contributed by atoms with Crippen LogP contribution in [0.2, 0.25) is 5.02 Å². The van der Waals surface area contributed by atoms with Crippen molar-refractivity contribution in [1.82, 2.24) is 0 Å². The minimum atomic E-state index is -0.511. The zero-order valence-corrected chi connectivity index (χ0v) is 16.5. The number of benzene rings is 2. The van der Waals surface area contributed by atoms with E-state index in [1.54, 1.807) is 54.3 Å². The zero-order chi connectivity index (χ0) is 20.3. The molecule has 28 heavy (non-hydrogen) atoms. The molecule has 1 fully saturated rings. The summed E-state index contributed by atoms with van der Waals surface area (Å²) in [6, 6.07) is 11.5. The van der Waals surface area contributed by atoms with E-state index in [1.165, 1.54) is 6.92 Å². The number of hydrogen-bond acceptors (Lipinski definition) is 4. The third kappa shape index (κ3) is 4.51. The molecule has 0 spiro atoms. The van der Waals surface area contributed by atoms with Gasteiger partial charge in [-0.25, -0.2) is 0 Å². The summed E-state index contributed by atoms with van der Waals surface area (Å²) in [4.78, 5) is 37.3. The first-order chi connectivity index (χ1) is 13.3. The number of anilines is 3. The maximum Gasteiger partial charge on any atom is 0.246 e. The fourth-order valence-electron chi connectivity index (χ4n) is 3.07. The highest BCUT2D eigenvalue weighted by Crippen LogP contribution is 2.31. The van der Waals surface area contributed by atoms with Crippen molar-refractivity contribution < 1.29 is 14.4 Å². The molecule has 0 radical (unpaired) electrons. The normalized spacial score (nSPS) is 14.7. The molecule has 2 aromatic rings. The maximum atomic E-state index is 12.4. The molecule has 2 N–H and O–H groups in total. The van der Waals surface area contributed by atoms with E-state index in [1.807, 2.05) is 0 Å². The summed E-state index contributed by atoms with van der Waals surface area (Å²) in [7, 11) is 0. The SMILES string of the molecule is CC(=O)c1ccc(NC(=O)C(C)Nc2ccc(N3CCCC3=O)c(Cl)c2)cc1. The second-order valence-corrected chi connectivity index (χ2v) is 7.21. The molecule has 0 aliphatic carbocycles. The topological polar surface area (TPSA) is 78.5 Å². The van der Waals surface area contributed by atoms with Crippen LogP contribution in [0.5, 0.6) is 0 Å². The largest absolute Gasteiger partial charge is 0.374 e. The molecule has 1 saturated heterocycles. The van der Waals surface area contributed by atoms with Crippen LogP contribution in [-0.2, 0) is 9.59 Å². The molecule has 2 aromatic carbocycles. The number of halogens is 1. The predicted molar refractivity (Wildman–Crippen MR) is 111 cm³/mol. The zero-order valence-electron chi connectivity index (χ0n) is 15.8. The van der Waals surface area contributed by atoms with E-state index in [4.69, 9.17) is 11.6 Å². The van der Waals surface area contributed by atoms with Gasteiger partial charge in [0.05, 0.1) is 10.7 Å². The number of nitrogens with zero attached hydrogens (tertiary/aromatic N) is 1. The molecular weight excluding hydrogens is 378 g/mol. The molecule has 2 amide bonds. The Labute approximate surface area is 168 Å². The van der Waals surface area contributed by atoms with Crippen molar-refractivity contribution in [3.63, 3.8) is 0 Å². The maximum absolute atomic E-state index is 12.4. The number of nitrogens with one attached hydrogen (secondary N) is 2. The second-order valence-electron chi connectivity index (χ2n) is 6.80. The highest BCUT2D eigenvalue weighted by molar-refractivity contribution is 6.34. The Bertz CT molecular complexity index is 912. The van der Waals surface area contributed by atoms with Crippen molar-refractivity contribution in [2.45, 2.75) is 32.7 Å². The van der Waals surface area contributed by atoms with E-state index in [0.717, 1.165) is 6.42 Å². The third-order valence-electron chi connectivity index (χ3n) is 4.65. The summed E-state index contributed by atoms with van der Waals surface area (Å²) in [5.41, 5.74) is 2.59. The molecule has 0 bridgehead atoms. The molecule has 1 aliphatic heterocycles. The van der Waals surface area contributed by atoms with Crippen molar-refractivity contribution in [1.29, 1.82) is 0 Å². The summed E-state index contributed by atoms with van der Waals surface area (Å²) >= 11 is 6.35. The van der Waals surface area contributed by atoms with E-state index in [2.05, 4.69) is 10.6 Å². The Balaban J connectivity index is 1.62. The smallest absolute Gasteiger partial charge is 0.246 e. The Morgan fingerprint density at radius 3 is 2.36 bits per heavy atom. The molecule has 3 rings (SSSR count). The molecule has 1 heterocycles. The monoisotopic (exact) mass is 399 g/mol. The molecule has 0 aromatic heterocycles. The van der Waals surface area contributed by atoms with Crippen LogP contribution >= 0.6 is 11.6 Å². The molecule has 7 heteroatoms. The van der Waals surface area contributed by atoms with Crippen molar-refractivity contribution in [2.24, 2.45) is 0 Å². The lowest BCUT2D eigenvalue weighted by Crippen LogP contribution is -2.32. The molecule has 146 valence electrons. The van der Waals surface area contributed by atoms with Crippen LogP contribution in [0.25, 0.3) is 0 Å². The summed E-state index contributed by atoms with van der Waals surface area (Å²) in [5.74, 6) is -0.166. The molecule has 1 unspecified atom stereocenters. The van der Waals surface area contributed by atoms with Gasteiger partial charge in [0.2, 0.25) is 11.8 Å². The van der Waals surface area contributed by atoms with E-state index in [9.17, 15) is 14.4 Å². The third-order valence-corrected chi connectivity index (χ3v) is 4.95. The Morgan fingerprint density at radius 1 is 1.11 bits per heavy atom. The number of carbonyl (C=O) groups excluding carboxylic acids is 3. The van der Waals surface area contributed by atoms with E-state index >= 15 is 0 Å². The van der Waals surface area contributed by atoms with Crippen LogP contribution in [0.4, 0.5) is 17.1 Å². The van der Waals surface area contributed by atoms with Crippen molar-refractivity contribution in [3.8, 4) is 0 Å². The van der Waals surface area contributed by atoms with Crippen LogP contribution in [0.15, 0.2) is 42.5 Å². The van der Waals surface area contributed by atoms with Gasteiger partial charge in [0.15, 0.2) is 5.78 Å². The second kappa shape index (κ2) is 8.44. The Morgan fingerprint density at radius 2 is 1.79 bits per heavy atom. The lowest BCUT2D eigenvalue weighted by molar-refractivity contribution is -0.117. The number of hydrogen-bond donors (Lipinski definition) is 2. The van der Waals surface area contributed by atoms with Crippen LogP contribution in [0, 0.1) is 0 Å². The fraction of sp³-hybridized carbons (Fsp3) is 0.286. The minimum absolute atomic E-state index is 0.0242. The first kappa shape index (κ1) is 19.9. The fourth-order valence-corrected chi connectivity index (χ4v) is 3.36. The van der Waals surface area contributed by atoms with Gasteiger partial charge >= 0.3 is 0 Å². The summed E-state index contributed by atoms with van der Waals surface area (Å²) in [6.07, 6.45) is 1.38. The van der Waals surface area contributed by atoms with Gasteiger partial charge in [-0.15, -0.1) is 0 Å². The quantitative estimate of drug-likeness (QED) is 0.716. The minimum Gasteiger partial charge on any atom is -0.374 e. The highest BCUT2D eigenvalue weighted by Gasteiger charge is 2.24. The molecule has 0 saturated carbocycles. The highest BCUT2D eigenvalue weighted by atomic mass is 35.5. The number of rotatable bonds is 6. The summed E-state index contributed by atoms with van der Waals surface area (Å²) in [6.45, 7) is 3.91. The first-order valence-electron chi connectivity index (χ1n) is 9.13. The van der Waals surface area contributed by atoms with Gasteiger partial charge in [0.25, 0.3) is 0 Å². The van der Waals surface area contributed by atoms with Crippen LogP contribution in [0.3, 0.4) is 0 Å². The van der Waals surface area contributed by atoms with Gasteiger partial charge in [-0.2, -0.15) is 0 Å². The predicted octanol–water partition coefficient (Wildman–Crippen LogP) is 4.11. The number of ketones is 1. The van der Waals surface area contributed by atoms with Gasteiger partial charge in [-0.05, 0) is 62.7 Å². The van der Waals surface area contributed by atoms with Gasteiger partial charge in [0.1, 0.15) is 6.04 Å². The molecule has 1 aliphatic rings. The number of carbonyl (C=O) groups is 3. The number of amides is 2. The lowest BCUT2D eigenvalue weighted by Gasteiger charge is -2.20. The lowest BCUT2D eigenvalue weighted by atomic mass is 10.1.